The van der Waals surface area contributed by atoms with E-state index in [0.717, 1.165) is 24.2 Å². The van der Waals surface area contributed by atoms with Gasteiger partial charge in [0.1, 0.15) is 0 Å². The molecule has 0 heterocycles. The molecule has 1 spiro atoms. The Kier molecular flexibility index (Phi) is 6.28. The third kappa shape index (κ3) is 3.99. The van der Waals surface area contributed by atoms with Crippen molar-refractivity contribution in [3.63, 3.8) is 0 Å². The van der Waals surface area contributed by atoms with Crippen LogP contribution in [0.5, 0.6) is 0 Å². The average Bonchev–Trinajstić information content (AvgIpc) is 3.70. The second-order valence-electron chi connectivity index (χ2n) is 15.5. The van der Waals surface area contributed by atoms with Crippen LogP contribution >= 0.6 is 0 Å². The van der Waals surface area contributed by atoms with E-state index in [4.69, 9.17) is 0 Å². The summed E-state index contributed by atoms with van der Waals surface area (Å²) in [6.45, 7) is 0. The summed E-state index contributed by atoms with van der Waals surface area (Å²) in [6.07, 6.45) is 28.0. The van der Waals surface area contributed by atoms with Crippen LogP contribution < -0.4 is 4.90 Å². The summed E-state index contributed by atoms with van der Waals surface area (Å²) in [5.74, 6) is 0.640. The molecule has 0 aliphatic heterocycles. The molecule has 1 nitrogen and oxygen atoms in total. The second-order valence-corrected chi connectivity index (χ2v) is 15.5. The van der Waals surface area contributed by atoms with Gasteiger partial charge in [-0.2, -0.15) is 0 Å². The smallest absolute Gasteiger partial charge is 0.0686 e. The highest BCUT2D eigenvalue weighted by Crippen LogP contribution is 2.66. The SMILES string of the molecule is C1=CCC2C(=C1)C1(c3cc(C4=CC=C5C=CC6=C7C(=CC=C4C57)CC=C6)ccc3-c3ccc(N(c4ccccc4)c4ccccc4)cc31)c1ccccc12. The van der Waals surface area contributed by atoms with Crippen LogP contribution in [-0.4, -0.2) is 0 Å². The quantitative estimate of drug-likeness (QED) is 0.182. The van der Waals surface area contributed by atoms with Crippen molar-refractivity contribution in [3.8, 4) is 11.1 Å². The summed E-state index contributed by atoms with van der Waals surface area (Å²) in [5, 5.41) is 0. The molecule has 3 atom stereocenters. The highest BCUT2D eigenvalue weighted by atomic mass is 15.1. The third-order valence-electron chi connectivity index (χ3n) is 12.9. The minimum Gasteiger partial charge on any atom is -0.310 e. The molecule has 0 saturated heterocycles. The Balaban J connectivity index is 1.10. The maximum absolute atomic E-state index is 2.57. The van der Waals surface area contributed by atoms with Gasteiger partial charge in [0, 0.05) is 28.9 Å². The molecular formula is C53H37N. The average molecular weight is 688 g/mol. The Labute approximate surface area is 317 Å². The van der Waals surface area contributed by atoms with Crippen LogP contribution in [0.15, 0.2) is 222 Å². The topological polar surface area (TPSA) is 3.24 Å². The minimum absolute atomic E-state index is 0.293. The van der Waals surface area contributed by atoms with Crippen molar-refractivity contribution in [2.75, 3.05) is 4.90 Å². The first kappa shape index (κ1) is 30.1. The van der Waals surface area contributed by atoms with E-state index in [-0.39, 0.29) is 0 Å². The lowest BCUT2D eigenvalue weighted by Crippen LogP contribution is -2.28. The van der Waals surface area contributed by atoms with Crippen LogP contribution in [0.4, 0.5) is 17.1 Å². The predicted octanol–water partition coefficient (Wildman–Crippen LogP) is 13.1. The fourth-order valence-electron chi connectivity index (χ4n) is 10.8. The van der Waals surface area contributed by atoms with Crippen molar-refractivity contribution >= 4 is 22.6 Å². The van der Waals surface area contributed by atoms with Gasteiger partial charge in [0.2, 0.25) is 0 Å². The Morgan fingerprint density at radius 2 is 1.33 bits per heavy atom. The van der Waals surface area contributed by atoms with Gasteiger partial charge in [-0.05, 0) is 133 Å². The minimum atomic E-state index is -0.399. The van der Waals surface area contributed by atoms with E-state index in [1.807, 2.05) is 0 Å². The van der Waals surface area contributed by atoms with Crippen LogP contribution in [0, 0.1) is 5.92 Å². The summed E-state index contributed by atoms with van der Waals surface area (Å²) in [7, 11) is 0. The predicted molar refractivity (Wildman–Crippen MR) is 223 cm³/mol. The maximum Gasteiger partial charge on any atom is 0.0686 e. The summed E-state index contributed by atoms with van der Waals surface area (Å²) < 4.78 is 0. The van der Waals surface area contributed by atoms with Gasteiger partial charge in [0.05, 0.1) is 5.41 Å². The monoisotopic (exact) mass is 687 g/mol. The van der Waals surface area contributed by atoms with E-state index in [1.165, 1.54) is 83.6 Å². The number of benzene rings is 5. The molecule has 0 aromatic heterocycles. The Bertz CT molecular complexity index is 2720. The normalized spacial score (nSPS) is 23.0. The van der Waals surface area contributed by atoms with Gasteiger partial charge in [0.15, 0.2) is 0 Å². The molecule has 254 valence electrons. The highest BCUT2D eigenvalue weighted by molar-refractivity contribution is 5.94. The molecule has 0 saturated carbocycles. The lowest BCUT2D eigenvalue weighted by atomic mass is 9.65. The van der Waals surface area contributed by atoms with Gasteiger partial charge in [0.25, 0.3) is 0 Å². The molecule has 54 heavy (non-hydrogen) atoms. The van der Waals surface area contributed by atoms with Crippen LogP contribution in [0.2, 0.25) is 0 Å². The van der Waals surface area contributed by atoms with Gasteiger partial charge in [-0.3, -0.25) is 0 Å². The number of anilines is 3. The lowest BCUT2D eigenvalue weighted by Gasteiger charge is -2.37. The van der Waals surface area contributed by atoms with E-state index < -0.39 is 5.41 Å². The second kappa shape index (κ2) is 11.3. The maximum atomic E-state index is 2.57. The molecule has 0 fully saturated rings. The molecule has 1 heteroatoms. The number of rotatable bonds is 4. The van der Waals surface area contributed by atoms with Gasteiger partial charge >= 0.3 is 0 Å². The van der Waals surface area contributed by atoms with Crippen LogP contribution in [0.25, 0.3) is 16.7 Å². The molecule has 7 aliphatic carbocycles. The summed E-state index contributed by atoms with van der Waals surface area (Å²) in [5.41, 5.74) is 22.7. The zero-order valence-corrected chi connectivity index (χ0v) is 29.9. The summed E-state index contributed by atoms with van der Waals surface area (Å²) >= 11 is 0. The van der Waals surface area contributed by atoms with Gasteiger partial charge in [-0.1, -0.05) is 146 Å². The van der Waals surface area contributed by atoms with E-state index >= 15 is 0 Å². The van der Waals surface area contributed by atoms with E-state index in [0.29, 0.717) is 11.8 Å². The van der Waals surface area contributed by atoms with Crippen molar-refractivity contribution in [1.29, 1.82) is 0 Å². The first-order chi connectivity index (χ1) is 26.8. The molecule has 7 aliphatic rings. The van der Waals surface area contributed by atoms with Crippen LogP contribution in [-0.2, 0) is 5.41 Å². The lowest BCUT2D eigenvalue weighted by molar-refractivity contribution is 0.707. The number of fused-ring (bicyclic) bond motifs is 10. The van der Waals surface area contributed by atoms with Crippen LogP contribution in [0.3, 0.4) is 0 Å². The third-order valence-corrected chi connectivity index (χ3v) is 12.9. The molecule has 5 aromatic rings. The summed E-state index contributed by atoms with van der Waals surface area (Å²) in [6, 6.07) is 45.5. The van der Waals surface area contributed by atoms with Gasteiger partial charge in [-0.25, -0.2) is 0 Å². The van der Waals surface area contributed by atoms with Crippen molar-refractivity contribution in [2.24, 2.45) is 5.92 Å². The Morgan fingerprint density at radius 1 is 0.574 bits per heavy atom. The van der Waals surface area contributed by atoms with Crippen molar-refractivity contribution in [3.05, 3.63) is 249 Å². The Morgan fingerprint density at radius 3 is 2.17 bits per heavy atom. The van der Waals surface area contributed by atoms with E-state index in [9.17, 15) is 0 Å². The number of hydrogen-bond donors (Lipinski definition) is 0. The standard InChI is InChI=1S/C53H37N/c1-3-14-38(15-4-1)54(39-16-5-2-6-17-39)40-27-31-45-44-29-26-37(41-28-24-36-23-22-34-12-11-13-35-25-30-46(41)52(36)51(34)35)32-49(44)53(50(45)33-40)47-20-9-7-18-42(47)43-19-8-10-21-48(43)53/h1-12,14-18,20-33,43,52H,13,19H2. The largest absolute Gasteiger partial charge is 0.310 e. The van der Waals surface area contributed by atoms with Crippen molar-refractivity contribution in [1.82, 2.24) is 0 Å². The summed E-state index contributed by atoms with van der Waals surface area (Å²) in [4.78, 5) is 2.41. The Hall–Kier alpha value is -6.44. The molecule has 5 aromatic carbocycles. The molecule has 0 bridgehead atoms. The number of para-hydroxylation sites is 2. The van der Waals surface area contributed by atoms with Gasteiger partial charge in [-0.15, -0.1) is 0 Å². The van der Waals surface area contributed by atoms with Crippen LogP contribution in [0.1, 0.15) is 46.6 Å². The fourth-order valence-corrected chi connectivity index (χ4v) is 10.8. The zero-order chi connectivity index (χ0) is 35.4. The number of nitrogens with zero attached hydrogens (tertiary/aromatic N) is 1. The molecule has 12 rings (SSSR count). The fraction of sp³-hybridized carbons (Fsp3) is 0.0943. The molecular weight excluding hydrogens is 651 g/mol. The molecule has 3 unspecified atom stereocenters. The molecule has 0 amide bonds. The van der Waals surface area contributed by atoms with E-state index in [2.05, 4.69) is 193 Å². The van der Waals surface area contributed by atoms with Crippen molar-refractivity contribution in [2.45, 2.75) is 24.2 Å². The molecule has 0 N–H and O–H groups in total. The first-order valence-electron chi connectivity index (χ1n) is 19.4. The van der Waals surface area contributed by atoms with E-state index in [1.54, 1.807) is 0 Å². The number of hydrogen-bond acceptors (Lipinski definition) is 1. The highest BCUT2D eigenvalue weighted by Gasteiger charge is 2.55. The molecule has 0 radical (unpaired) electrons. The zero-order valence-electron chi connectivity index (χ0n) is 29.9. The first-order valence-corrected chi connectivity index (χ1v) is 19.4. The van der Waals surface area contributed by atoms with Gasteiger partial charge < -0.3 is 4.90 Å². The van der Waals surface area contributed by atoms with Crippen molar-refractivity contribution < 1.29 is 0 Å². The number of allylic oxidation sites excluding steroid dienone is 18.